The van der Waals surface area contributed by atoms with Crippen LogP contribution in [-0.2, 0) is 6.54 Å². The Labute approximate surface area is 122 Å². The fourth-order valence-electron chi connectivity index (χ4n) is 2.87. The van der Waals surface area contributed by atoms with Crippen molar-refractivity contribution in [2.75, 3.05) is 11.4 Å². The van der Waals surface area contributed by atoms with Gasteiger partial charge in [0.1, 0.15) is 0 Å². The number of rotatable bonds is 5. The lowest BCUT2D eigenvalue weighted by Gasteiger charge is -2.29. The molecule has 0 aromatic heterocycles. The van der Waals surface area contributed by atoms with Gasteiger partial charge in [0, 0.05) is 41.4 Å². The van der Waals surface area contributed by atoms with E-state index in [1.807, 2.05) is 6.07 Å². The van der Waals surface area contributed by atoms with Crippen LogP contribution < -0.4 is 10.2 Å². The van der Waals surface area contributed by atoms with Gasteiger partial charge in [0.15, 0.2) is 0 Å². The van der Waals surface area contributed by atoms with Crippen LogP contribution >= 0.6 is 11.6 Å². The second-order valence-corrected chi connectivity index (χ2v) is 6.08. The second-order valence-electron chi connectivity index (χ2n) is 5.67. The van der Waals surface area contributed by atoms with Gasteiger partial charge >= 0.3 is 0 Å². The third kappa shape index (κ3) is 3.43. The van der Waals surface area contributed by atoms with Gasteiger partial charge in [0.2, 0.25) is 0 Å². The van der Waals surface area contributed by atoms with E-state index in [1.165, 1.54) is 30.5 Å². The predicted octanol–water partition coefficient (Wildman–Crippen LogP) is 4.22. The average molecular weight is 281 g/mol. The lowest BCUT2D eigenvalue weighted by Crippen LogP contribution is -2.31. The standard InChI is InChI=1S/C16H25ClN2/c1-4-13-7-6-10-19(13)16-9-5-8-15(17)14(16)11-18-12(2)3/h5,8-9,12-13,18H,4,6-7,10-11H2,1-3H3. The first kappa shape index (κ1) is 14.7. The molecule has 0 radical (unpaired) electrons. The molecule has 1 heterocycles. The summed E-state index contributed by atoms with van der Waals surface area (Å²) in [6.07, 6.45) is 3.81. The highest BCUT2D eigenvalue weighted by Crippen LogP contribution is 2.33. The topological polar surface area (TPSA) is 15.3 Å². The molecule has 1 fully saturated rings. The Bertz CT molecular complexity index is 417. The van der Waals surface area contributed by atoms with E-state index < -0.39 is 0 Å². The van der Waals surface area contributed by atoms with Crippen LogP contribution in [0.2, 0.25) is 5.02 Å². The normalized spacial score (nSPS) is 19.4. The molecular weight excluding hydrogens is 256 g/mol. The molecule has 1 aromatic carbocycles. The van der Waals surface area contributed by atoms with Crippen LogP contribution in [0.4, 0.5) is 5.69 Å². The van der Waals surface area contributed by atoms with Gasteiger partial charge in [-0.05, 0) is 31.4 Å². The number of nitrogens with zero attached hydrogens (tertiary/aromatic N) is 1. The van der Waals surface area contributed by atoms with Crippen molar-refractivity contribution in [3.05, 3.63) is 28.8 Å². The summed E-state index contributed by atoms with van der Waals surface area (Å²) >= 11 is 6.42. The van der Waals surface area contributed by atoms with Gasteiger partial charge in [-0.2, -0.15) is 0 Å². The van der Waals surface area contributed by atoms with Crippen molar-refractivity contribution in [2.24, 2.45) is 0 Å². The number of nitrogens with one attached hydrogen (secondary N) is 1. The SMILES string of the molecule is CCC1CCCN1c1cccc(Cl)c1CNC(C)C. The Morgan fingerprint density at radius 3 is 2.89 bits per heavy atom. The number of hydrogen-bond donors (Lipinski definition) is 1. The van der Waals surface area contributed by atoms with Crippen LogP contribution in [0.25, 0.3) is 0 Å². The van der Waals surface area contributed by atoms with Gasteiger partial charge in [-0.25, -0.2) is 0 Å². The largest absolute Gasteiger partial charge is 0.368 e. The zero-order valence-electron chi connectivity index (χ0n) is 12.2. The molecule has 0 bridgehead atoms. The molecule has 2 nitrogen and oxygen atoms in total. The minimum absolute atomic E-state index is 0.477. The van der Waals surface area contributed by atoms with Crippen molar-refractivity contribution in [3.63, 3.8) is 0 Å². The maximum atomic E-state index is 6.42. The van der Waals surface area contributed by atoms with Crippen LogP contribution in [0, 0.1) is 0 Å². The molecule has 1 N–H and O–H groups in total. The van der Waals surface area contributed by atoms with E-state index in [4.69, 9.17) is 11.6 Å². The summed E-state index contributed by atoms with van der Waals surface area (Å²) in [6.45, 7) is 8.62. The Morgan fingerprint density at radius 2 is 2.21 bits per heavy atom. The van der Waals surface area contributed by atoms with E-state index in [0.29, 0.717) is 12.1 Å². The van der Waals surface area contributed by atoms with E-state index in [-0.39, 0.29) is 0 Å². The molecule has 1 saturated heterocycles. The fraction of sp³-hybridized carbons (Fsp3) is 0.625. The van der Waals surface area contributed by atoms with Crippen molar-refractivity contribution >= 4 is 17.3 Å². The van der Waals surface area contributed by atoms with Crippen molar-refractivity contribution < 1.29 is 0 Å². The molecule has 1 atom stereocenters. The van der Waals surface area contributed by atoms with Gasteiger partial charge in [0.25, 0.3) is 0 Å². The van der Waals surface area contributed by atoms with Crippen molar-refractivity contribution in [2.45, 2.75) is 58.7 Å². The molecule has 0 saturated carbocycles. The van der Waals surface area contributed by atoms with Crippen LogP contribution in [0.3, 0.4) is 0 Å². The first-order chi connectivity index (χ1) is 9.13. The zero-order valence-corrected chi connectivity index (χ0v) is 13.0. The van der Waals surface area contributed by atoms with E-state index in [0.717, 1.165) is 18.1 Å². The first-order valence-electron chi connectivity index (χ1n) is 7.41. The summed E-state index contributed by atoms with van der Waals surface area (Å²) in [5.41, 5.74) is 2.57. The molecule has 106 valence electrons. The van der Waals surface area contributed by atoms with Gasteiger partial charge in [-0.1, -0.05) is 38.4 Å². The van der Waals surface area contributed by atoms with Crippen LogP contribution in [0.5, 0.6) is 0 Å². The van der Waals surface area contributed by atoms with E-state index in [9.17, 15) is 0 Å². The molecule has 2 rings (SSSR count). The molecular formula is C16H25ClN2. The van der Waals surface area contributed by atoms with Crippen LogP contribution in [0.1, 0.15) is 45.6 Å². The molecule has 0 aliphatic carbocycles. The monoisotopic (exact) mass is 280 g/mol. The van der Waals surface area contributed by atoms with Crippen molar-refractivity contribution in [1.82, 2.24) is 5.32 Å². The summed E-state index contributed by atoms with van der Waals surface area (Å²) < 4.78 is 0. The van der Waals surface area contributed by atoms with Crippen molar-refractivity contribution in [3.8, 4) is 0 Å². The zero-order chi connectivity index (χ0) is 13.8. The van der Waals surface area contributed by atoms with Gasteiger partial charge in [-0.3, -0.25) is 0 Å². The van der Waals surface area contributed by atoms with E-state index in [1.54, 1.807) is 0 Å². The number of benzene rings is 1. The minimum Gasteiger partial charge on any atom is -0.368 e. The quantitative estimate of drug-likeness (QED) is 0.869. The maximum absolute atomic E-state index is 6.42. The summed E-state index contributed by atoms with van der Waals surface area (Å²) in [4.78, 5) is 2.54. The summed E-state index contributed by atoms with van der Waals surface area (Å²) in [5.74, 6) is 0. The second kappa shape index (κ2) is 6.62. The van der Waals surface area contributed by atoms with Gasteiger partial charge < -0.3 is 10.2 Å². The molecule has 0 amide bonds. The smallest absolute Gasteiger partial charge is 0.0471 e. The highest BCUT2D eigenvalue weighted by molar-refractivity contribution is 6.31. The molecule has 1 aromatic rings. The first-order valence-corrected chi connectivity index (χ1v) is 7.78. The highest BCUT2D eigenvalue weighted by atomic mass is 35.5. The van der Waals surface area contributed by atoms with E-state index >= 15 is 0 Å². The molecule has 1 aliphatic rings. The summed E-state index contributed by atoms with van der Waals surface area (Å²) in [5, 5.41) is 4.37. The number of anilines is 1. The predicted molar refractivity (Wildman–Crippen MR) is 84.1 cm³/mol. The Kier molecular flexibility index (Phi) is 5.12. The summed E-state index contributed by atoms with van der Waals surface area (Å²) in [7, 11) is 0. The van der Waals surface area contributed by atoms with E-state index in [2.05, 4.69) is 43.1 Å². The molecule has 19 heavy (non-hydrogen) atoms. The molecule has 1 aliphatic heterocycles. The van der Waals surface area contributed by atoms with Gasteiger partial charge in [-0.15, -0.1) is 0 Å². The highest BCUT2D eigenvalue weighted by Gasteiger charge is 2.25. The third-order valence-corrected chi connectivity index (χ3v) is 4.29. The average Bonchev–Trinajstić information content (AvgIpc) is 2.84. The Balaban J connectivity index is 2.26. The molecule has 3 heteroatoms. The lowest BCUT2D eigenvalue weighted by atomic mass is 10.1. The Hall–Kier alpha value is -0.730. The summed E-state index contributed by atoms with van der Waals surface area (Å²) in [6, 6.07) is 7.44. The maximum Gasteiger partial charge on any atom is 0.0471 e. The third-order valence-electron chi connectivity index (χ3n) is 3.94. The molecule has 1 unspecified atom stereocenters. The Morgan fingerprint density at radius 1 is 1.42 bits per heavy atom. The lowest BCUT2D eigenvalue weighted by molar-refractivity contribution is 0.585. The minimum atomic E-state index is 0.477. The van der Waals surface area contributed by atoms with Crippen LogP contribution in [0.15, 0.2) is 18.2 Å². The van der Waals surface area contributed by atoms with Gasteiger partial charge in [0.05, 0.1) is 0 Å². The van der Waals surface area contributed by atoms with Crippen LogP contribution in [-0.4, -0.2) is 18.6 Å². The number of hydrogen-bond acceptors (Lipinski definition) is 2. The van der Waals surface area contributed by atoms with Crippen molar-refractivity contribution in [1.29, 1.82) is 0 Å². The molecule has 0 spiro atoms. The number of halogens is 1. The fourth-order valence-corrected chi connectivity index (χ4v) is 3.11.